The molecule has 0 bridgehead atoms. The highest BCUT2D eigenvalue weighted by molar-refractivity contribution is 7.19. The van der Waals surface area contributed by atoms with E-state index in [4.69, 9.17) is 0 Å². The minimum atomic E-state index is 0.0295. The van der Waals surface area contributed by atoms with Gasteiger partial charge in [-0.1, -0.05) is 6.92 Å². The van der Waals surface area contributed by atoms with Crippen molar-refractivity contribution in [2.45, 2.75) is 20.3 Å². The zero-order valence-corrected chi connectivity index (χ0v) is 9.88. The molecule has 1 aromatic heterocycles. The van der Waals surface area contributed by atoms with Crippen LogP contribution < -0.4 is 0 Å². The summed E-state index contributed by atoms with van der Waals surface area (Å²) in [4.78, 5) is 8.25. The van der Waals surface area contributed by atoms with Gasteiger partial charge in [0.25, 0.3) is 0 Å². The first-order chi connectivity index (χ1) is 7.63. The number of benzene rings is 1. The first-order valence-electron chi connectivity index (χ1n) is 4.98. The van der Waals surface area contributed by atoms with Gasteiger partial charge in [0.1, 0.15) is 21.7 Å². The summed E-state index contributed by atoms with van der Waals surface area (Å²) in [5.74, 6) is 0.142. The minimum Gasteiger partial charge on any atom is -0.506 e. The third-order valence-corrected chi connectivity index (χ3v) is 3.11. The van der Waals surface area contributed by atoms with Crippen molar-refractivity contribution < 1.29 is 10.2 Å². The number of hydrogen-bond donors (Lipinski definition) is 2. The summed E-state index contributed by atoms with van der Waals surface area (Å²) in [6.45, 7) is 3.78. The Hall–Kier alpha value is -1.62. The molecule has 2 N–H and O–H groups in total. The van der Waals surface area contributed by atoms with Crippen LogP contribution in [0.4, 0.5) is 5.69 Å². The van der Waals surface area contributed by atoms with Gasteiger partial charge in [-0.15, -0.1) is 11.3 Å². The fourth-order valence-corrected chi connectivity index (χ4v) is 2.27. The molecular weight excluding hydrogens is 224 g/mol. The number of aryl methyl sites for hydroxylation is 1. The van der Waals surface area contributed by atoms with E-state index in [1.807, 2.05) is 13.8 Å². The molecule has 0 amide bonds. The zero-order chi connectivity index (χ0) is 11.7. The van der Waals surface area contributed by atoms with E-state index in [0.717, 1.165) is 11.4 Å². The number of nitrogens with zero attached hydrogens (tertiary/aromatic N) is 2. The lowest BCUT2D eigenvalue weighted by molar-refractivity contribution is 0.471. The SMILES string of the molecule is CCC=Nc1cc(O)c2sc(C)nc2c1O. The topological polar surface area (TPSA) is 65.7 Å². The lowest BCUT2D eigenvalue weighted by Gasteiger charge is -2.01. The van der Waals surface area contributed by atoms with Crippen LogP contribution in [0.2, 0.25) is 0 Å². The van der Waals surface area contributed by atoms with E-state index in [0.29, 0.717) is 15.9 Å². The fraction of sp³-hybridized carbons (Fsp3) is 0.273. The van der Waals surface area contributed by atoms with Crippen LogP contribution >= 0.6 is 11.3 Å². The molecule has 0 unspecified atom stereocenters. The van der Waals surface area contributed by atoms with Gasteiger partial charge in [-0.05, 0) is 13.3 Å². The van der Waals surface area contributed by atoms with E-state index < -0.39 is 0 Å². The van der Waals surface area contributed by atoms with Crippen molar-refractivity contribution in [2.75, 3.05) is 0 Å². The van der Waals surface area contributed by atoms with Crippen LogP contribution in [0.3, 0.4) is 0 Å². The molecule has 1 heterocycles. The molecule has 0 aliphatic heterocycles. The van der Waals surface area contributed by atoms with Crippen LogP contribution in [0.15, 0.2) is 11.1 Å². The van der Waals surface area contributed by atoms with Gasteiger partial charge >= 0.3 is 0 Å². The summed E-state index contributed by atoms with van der Waals surface area (Å²) in [5.41, 5.74) is 0.780. The van der Waals surface area contributed by atoms with Gasteiger partial charge in [0.15, 0.2) is 5.75 Å². The monoisotopic (exact) mass is 236 g/mol. The van der Waals surface area contributed by atoms with E-state index >= 15 is 0 Å². The second-order valence-corrected chi connectivity index (χ2v) is 4.60. The van der Waals surface area contributed by atoms with Gasteiger partial charge in [-0.2, -0.15) is 0 Å². The Bertz CT molecular complexity index is 561. The molecule has 0 aliphatic rings. The minimum absolute atomic E-state index is 0.0295. The van der Waals surface area contributed by atoms with Crippen molar-refractivity contribution in [2.24, 2.45) is 4.99 Å². The van der Waals surface area contributed by atoms with Crippen molar-refractivity contribution in [1.29, 1.82) is 0 Å². The maximum absolute atomic E-state index is 9.93. The zero-order valence-electron chi connectivity index (χ0n) is 9.06. The third kappa shape index (κ3) is 1.74. The maximum atomic E-state index is 9.93. The summed E-state index contributed by atoms with van der Waals surface area (Å²) in [6.07, 6.45) is 2.45. The standard InChI is InChI=1S/C11H12N2O2S/c1-3-4-12-7-5-8(14)11-9(10(7)15)13-6(2)16-11/h4-5,14-15H,3H2,1-2H3. The van der Waals surface area contributed by atoms with Gasteiger partial charge in [0.05, 0.1) is 5.01 Å². The van der Waals surface area contributed by atoms with Crippen molar-refractivity contribution in [3.05, 3.63) is 11.1 Å². The van der Waals surface area contributed by atoms with E-state index in [2.05, 4.69) is 9.98 Å². The molecule has 0 fully saturated rings. The molecular formula is C11H12N2O2S. The summed E-state index contributed by atoms with van der Waals surface area (Å²) in [6, 6.07) is 1.46. The van der Waals surface area contributed by atoms with Gasteiger partial charge in [0.2, 0.25) is 0 Å². The Balaban J connectivity index is 2.69. The van der Waals surface area contributed by atoms with Gasteiger partial charge in [0, 0.05) is 12.3 Å². The Morgan fingerprint density at radius 3 is 2.94 bits per heavy atom. The molecule has 0 saturated heterocycles. The second kappa shape index (κ2) is 4.09. The number of thiazole rings is 1. The number of aromatic nitrogens is 1. The number of fused-ring (bicyclic) bond motifs is 1. The average molecular weight is 236 g/mol. The first kappa shape index (κ1) is 10.9. The summed E-state index contributed by atoms with van der Waals surface area (Å²) < 4.78 is 0.602. The molecule has 0 aliphatic carbocycles. The summed E-state index contributed by atoms with van der Waals surface area (Å²) >= 11 is 1.35. The Morgan fingerprint density at radius 1 is 1.50 bits per heavy atom. The highest BCUT2D eigenvalue weighted by Crippen LogP contribution is 2.42. The largest absolute Gasteiger partial charge is 0.506 e. The highest BCUT2D eigenvalue weighted by Gasteiger charge is 2.14. The maximum Gasteiger partial charge on any atom is 0.168 e. The molecule has 84 valence electrons. The normalized spacial score (nSPS) is 11.6. The molecule has 0 atom stereocenters. The molecule has 5 heteroatoms. The van der Waals surface area contributed by atoms with Crippen LogP contribution in [0.5, 0.6) is 11.5 Å². The fourth-order valence-electron chi connectivity index (χ4n) is 1.43. The van der Waals surface area contributed by atoms with E-state index in [-0.39, 0.29) is 11.5 Å². The molecule has 0 spiro atoms. The second-order valence-electron chi connectivity index (χ2n) is 3.39. The van der Waals surface area contributed by atoms with Crippen LogP contribution in [0.1, 0.15) is 18.4 Å². The average Bonchev–Trinajstić information content (AvgIpc) is 2.64. The van der Waals surface area contributed by atoms with Crippen LogP contribution in [-0.4, -0.2) is 21.4 Å². The van der Waals surface area contributed by atoms with Gasteiger partial charge in [-0.3, -0.25) is 4.99 Å². The van der Waals surface area contributed by atoms with Crippen LogP contribution in [0, 0.1) is 6.92 Å². The van der Waals surface area contributed by atoms with Crippen molar-refractivity contribution in [1.82, 2.24) is 4.98 Å². The van der Waals surface area contributed by atoms with Crippen molar-refractivity contribution >= 4 is 33.5 Å². The van der Waals surface area contributed by atoms with Crippen molar-refractivity contribution in [3.63, 3.8) is 0 Å². The number of rotatable bonds is 2. The number of hydrogen-bond acceptors (Lipinski definition) is 5. The summed E-state index contributed by atoms with van der Waals surface area (Å²) in [7, 11) is 0. The molecule has 2 rings (SSSR count). The predicted molar refractivity (Wildman–Crippen MR) is 66.1 cm³/mol. The molecule has 1 aromatic carbocycles. The molecule has 16 heavy (non-hydrogen) atoms. The Morgan fingerprint density at radius 2 is 2.25 bits per heavy atom. The molecule has 0 saturated carbocycles. The Kier molecular flexibility index (Phi) is 2.78. The smallest absolute Gasteiger partial charge is 0.168 e. The number of aromatic hydroxyl groups is 2. The highest BCUT2D eigenvalue weighted by atomic mass is 32.1. The van der Waals surface area contributed by atoms with Gasteiger partial charge < -0.3 is 10.2 Å². The molecule has 2 aromatic rings. The lowest BCUT2D eigenvalue weighted by atomic mass is 10.2. The quantitative estimate of drug-likeness (QED) is 0.622. The number of phenolic OH excluding ortho intramolecular Hbond substituents is 2. The molecule has 4 nitrogen and oxygen atoms in total. The van der Waals surface area contributed by atoms with Gasteiger partial charge in [-0.25, -0.2) is 4.98 Å². The van der Waals surface area contributed by atoms with E-state index in [1.165, 1.54) is 17.4 Å². The predicted octanol–water partition coefficient (Wildman–Crippen LogP) is 3.13. The number of aliphatic imine (C=N–C) groups is 1. The van der Waals surface area contributed by atoms with Crippen molar-refractivity contribution in [3.8, 4) is 11.5 Å². The molecule has 0 radical (unpaired) electrons. The first-order valence-corrected chi connectivity index (χ1v) is 5.79. The third-order valence-electron chi connectivity index (χ3n) is 2.12. The van der Waals surface area contributed by atoms with E-state index in [9.17, 15) is 10.2 Å². The lowest BCUT2D eigenvalue weighted by Crippen LogP contribution is -1.76. The number of phenols is 2. The van der Waals surface area contributed by atoms with Crippen LogP contribution in [0.25, 0.3) is 10.2 Å². The Labute approximate surface area is 96.9 Å². The summed E-state index contributed by atoms with van der Waals surface area (Å²) in [5, 5.41) is 20.5. The van der Waals surface area contributed by atoms with E-state index in [1.54, 1.807) is 6.21 Å². The van der Waals surface area contributed by atoms with Crippen LogP contribution in [-0.2, 0) is 0 Å².